The van der Waals surface area contributed by atoms with Gasteiger partial charge in [-0.05, 0) is 0 Å². The third kappa shape index (κ3) is 7.53. The maximum Gasteiger partial charge on any atom is -1.00 e. The quantitative estimate of drug-likeness (QED) is 0.302. The van der Waals surface area contributed by atoms with E-state index in [1.54, 1.807) is 11.1 Å². The molecule has 0 N–H and O–H groups in total. The molecule has 0 heterocycles. The Balaban J connectivity index is 0.00000204. The summed E-state index contributed by atoms with van der Waals surface area (Å²) in [6, 6.07) is 19.9. The van der Waals surface area contributed by atoms with Crippen molar-refractivity contribution in [2.45, 2.75) is 71.9 Å². The van der Waals surface area contributed by atoms with Crippen molar-refractivity contribution in [3.8, 4) is 0 Å². The minimum atomic E-state index is -1.80. The first kappa shape index (κ1) is 29.8. The van der Waals surface area contributed by atoms with Gasteiger partial charge in [-0.2, -0.15) is 0 Å². The van der Waals surface area contributed by atoms with E-state index in [4.69, 9.17) is 4.74 Å². The molecular weight excluding hydrogens is 555 g/mol. The Bertz CT molecular complexity index is 907. The summed E-state index contributed by atoms with van der Waals surface area (Å²) in [6.07, 6.45) is 15.3. The summed E-state index contributed by atoms with van der Waals surface area (Å²) >= 11 is -1.80. The predicted molar refractivity (Wildman–Crippen MR) is 138 cm³/mol. The van der Waals surface area contributed by atoms with E-state index in [0.717, 1.165) is 13.9 Å². The summed E-state index contributed by atoms with van der Waals surface area (Å²) in [5, 5.41) is 0. The second kappa shape index (κ2) is 13.8. The van der Waals surface area contributed by atoms with Gasteiger partial charge in [0.15, 0.2) is 0 Å². The Morgan fingerprint density at radius 2 is 1.26 bits per heavy atom. The van der Waals surface area contributed by atoms with Crippen molar-refractivity contribution < 1.29 is 50.5 Å². The zero-order chi connectivity index (χ0) is 22.6. The van der Waals surface area contributed by atoms with Gasteiger partial charge in [0.1, 0.15) is 0 Å². The Morgan fingerprint density at radius 3 is 1.79 bits per heavy atom. The average Bonchev–Trinajstić information content (AvgIpc) is 3.38. The number of fused-ring (bicyclic) bond motifs is 2. The van der Waals surface area contributed by atoms with Gasteiger partial charge in [0.05, 0.1) is 0 Å². The van der Waals surface area contributed by atoms with Crippen molar-refractivity contribution in [3.05, 3.63) is 82.9 Å². The van der Waals surface area contributed by atoms with E-state index in [2.05, 4.69) is 100 Å². The topological polar surface area (TPSA) is 9.23 Å². The molecule has 0 saturated heterocycles. The molecule has 0 aromatic heterocycles. The maximum atomic E-state index is 5.90. The van der Waals surface area contributed by atoms with Crippen LogP contribution in [0.15, 0.2) is 60.7 Å². The molecule has 3 atom stereocenters. The van der Waals surface area contributed by atoms with Crippen LogP contribution in [0.4, 0.5) is 0 Å². The van der Waals surface area contributed by atoms with E-state index in [9.17, 15) is 0 Å². The van der Waals surface area contributed by atoms with Gasteiger partial charge in [-0.15, -0.1) is 0 Å². The smallest absolute Gasteiger partial charge is 1.00 e. The van der Waals surface area contributed by atoms with Gasteiger partial charge < -0.3 is 24.8 Å². The Labute approximate surface area is 228 Å². The second-order valence-electron chi connectivity index (χ2n) is 10.5. The number of halogens is 2. The molecule has 2 aliphatic rings. The first-order chi connectivity index (χ1) is 15.4. The molecule has 3 unspecified atom stereocenters. The van der Waals surface area contributed by atoms with Gasteiger partial charge in [-0.3, -0.25) is 0 Å². The molecule has 0 amide bonds. The SMILES string of the molecule is C[SiH](CCCCCCOC(C)(C)C)[Zr+2]([CH]1C=Cc2ccccc21)[CH]1C=Cc2ccccc21.[Cl-].[Cl-]. The summed E-state index contributed by atoms with van der Waals surface area (Å²) in [5.74, 6) is -0.764. The molecule has 0 saturated carbocycles. The van der Waals surface area contributed by atoms with Crippen LogP contribution in [0.25, 0.3) is 12.2 Å². The molecule has 1 nitrogen and oxygen atoms in total. The van der Waals surface area contributed by atoms with Crippen molar-refractivity contribution in [3.63, 3.8) is 0 Å². The normalized spacial score (nSPS) is 18.6. The van der Waals surface area contributed by atoms with Gasteiger partial charge in [-0.25, -0.2) is 0 Å². The Hall–Kier alpha value is -0.440. The standard InChI is InChI=1S/C11H25OSi.2C9H7.2ClH.Zr/c1-11(2,3)12-9-7-5-6-8-10-13-4;2*1-2-5-9-7-3-6-8(9)4-1;;;/h13H,5-10H2,1-4H3;2*1-7H;2*1H;/q;;;;;+2/p-2. The number of hydrogen-bond donors (Lipinski definition) is 0. The largest absolute Gasteiger partial charge is 1.00 e. The summed E-state index contributed by atoms with van der Waals surface area (Å²) in [5.41, 5.74) is 6.23. The fourth-order valence-corrected chi connectivity index (χ4v) is 29.8. The van der Waals surface area contributed by atoms with Crippen LogP contribution >= 0.6 is 0 Å². The van der Waals surface area contributed by atoms with Crippen LogP contribution in [0.3, 0.4) is 0 Å². The maximum absolute atomic E-state index is 5.90. The van der Waals surface area contributed by atoms with Crippen LogP contribution in [0.5, 0.6) is 0 Å². The van der Waals surface area contributed by atoms with Crippen LogP contribution in [0.1, 0.15) is 76.0 Å². The van der Waals surface area contributed by atoms with Crippen LogP contribution in [-0.4, -0.2) is 18.1 Å². The number of benzene rings is 2. The zero-order valence-corrected chi connectivity index (χ0v) is 26.2. The molecule has 0 bridgehead atoms. The van der Waals surface area contributed by atoms with Crippen molar-refractivity contribution in [1.82, 2.24) is 0 Å². The van der Waals surface area contributed by atoms with E-state index >= 15 is 0 Å². The second-order valence-corrected chi connectivity index (χ2v) is 29.6. The minimum Gasteiger partial charge on any atom is -1.00 e. The van der Waals surface area contributed by atoms with Gasteiger partial charge >= 0.3 is 205 Å². The molecule has 5 heteroatoms. The summed E-state index contributed by atoms with van der Waals surface area (Å²) < 4.78 is 7.42. The van der Waals surface area contributed by atoms with E-state index < -0.39 is 26.8 Å². The third-order valence-corrected chi connectivity index (χ3v) is 30.1. The van der Waals surface area contributed by atoms with E-state index in [-0.39, 0.29) is 30.4 Å². The van der Waals surface area contributed by atoms with Crippen molar-refractivity contribution in [1.29, 1.82) is 0 Å². The van der Waals surface area contributed by atoms with Crippen LogP contribution in [-0.2, 0) is 25.6 Å². The Morgan fingerprint density at radius 1 is 0.765 bits per heavy atom. The van der Waals surface area contributed by atoms with Crippen molar-refractivity contribution in [2.75, 3.05) is 6.61 Å². The molecular formula is C29H39Cl2OSiZr. The number of hydrogen-bond acceptors (Lipinski definition) is 1. The van der Waals surface area contributed by atoms with Crippen LogP contribution in [0, 0.1) is 0 Å². The van der Waals surface area contributed by atoms with Crippen LogP contribution < -0.4 is 24.8 Å². The molecule has 0 radical (unpaired) electrons. The van der Waals surface area contributed by atoms with E-state index in [0.29, 0.717) is 0 Å². The van der Waals surface area contributed by atoms with Crippen LogP contribution in [0.2, 0.25) is 12.6 Å². The molecule has 2 aromatic rings. The number of rotatable bonds is 10. The molecule has 2 aliphatic carbocycles. The first-order valence-electron chi connectivity index (χ1n) is 12.5. The molecule has 0 aliphatic heterocycles. The molecule has 0 spiro atoms. The Kier molecular flexibility index (Phi) is 12.0. The molecule has 183 valence electrons. The predicted octanol–water partition coefficient (Wildman–Crippen LogP) is 1.88. The van der Waals surface area contributed by atoms with Gasteiger partial charge in [0, 0.05) is 0 Å². The zero-order valence-electron chi connectivity index (χ0n) is 21.1. The van der Waals surface area contributed by atoms with Gasteiger partial charge in [-0.1, -0.05) is 0 Å². The summed E-state index contributed by atoms with van der Waals surface area (Å²) in [7, 11) is 0. The molecule has 4 rings (SSSR count). The monoisotopic (exact) mass is 591 g/mol. The third-order valence-electron chi connectivity index (χ3n) is 6.95. The van der Waals surface area contributed by atoms with Gasteiger partial charge in [0.25, 0.3) is 0 Å². The fourth-order valence-electron chi connectivity index (χ4n) is 5.34. The fraction of sp³-hybridized carbons (Fsp3) is 0.448. The molecule has 34 heavy (non-hydrogen) atoms. The number of unbranched alkanes of at least 4 members (excludes halogenated alkanes) is 3. The van der Waals surface area contributed by atoms with Crippen molar-refractivity contribution in [2.24, 2.45) is 0 Å². The van der Waals surface area contributed by atoms with E-state index in [1.807, 2.05) is 0 Å². The van der Waals surface area contributed by atoms with Crippen molar-refractivity contribution >= 4 is 18.1 Å². The minimum absolute atomic E-state index is 0. The first-order valence-corrected chi connectivity index (χ1v) is 22.1. The number of ether oxygens (including phenoxy) is 1. The molecule has 0 fully saturated rings. The summed E-state index contributed by atoms with van der Waals surface area (Å²) in [6.45, 7) is 10.1. The average molecular weight is 594 g/mol. The number of allylic oxidation sites excluding steroid dienone is 2. The summed E-state index contributed by atoms with van der Waals surface area (Å²) in [4.78, 5) is 0. The van der Waals surface area contributed by atoms with Gasteiger partial charge in [0.2, 0.25) is 0 Å². The molecule has 2 aromatic carbocycles. The van der Waals surface area contributed by atoms with E-state index in [1.165, 1.54) is 42.9 Å².